The minimum atomic E-state index is -0.140. The molecule has 0 aromatic heterocycles. The Morgan fingerprint density at radius 2 is 2.31 bits per heavy atom. The van der Waals surface area contributed by atoms with E-state index in [1.807, 2.05) is 0 Å². The molecule has 1 saturated carbocycles. The van der Waals surface area contributed by atoms with Crippen molar-refractivity contribution in [1.82, 2.24) is 5.32 Å². The topological polar surface area (TPSA) is 50.7 Å². The number of nitrogens with zero attached hydrogens (tertiary/aromatic N) is 1. The Kier molecular flexibility index (Phi) is 5.19. The molecule has 1 N–H and O–H groups in total. The average Bonchev–Trinajstić information content (AvgIpc) is 2.31. The van der Waals surface area contributed by atoms with Crippen molar-refractivity contribution in [2.24, 2.45) is 4.99 Å². The molecule has 0 spiro atoms. The molecule has 1 aliphatic rings. The summed E-state index contributed by atoms with van der Waals surface area (Å²) < 4.78 is 5.31. The Hall–Kier alpha value is -1.16. The lowest BCUT2D eigenvalue weighted by Gasteiger charge is -2.28. The van der Waals surface area contributed by atoms with Crippen molar-refractivity contribution >= 4 is 12.6 Å². The molecule has 4 heteroatoms. The van der Waals surface area contributed by atoms with Crippen molar-refractivity contribution in [3.8, 4) is 0 Å². The number of aliphatic imine (C=N–C) groups is 1. The molecule has 0 saturated heterocycles. The van der Waals surface area contributed by atoms with Crippen LogP contribution < -0.4 is 5.32 Å². The van der Waals surface area contributed by atoms with Gasteiger partial charge in [-0.25, -0.2) is 0 Å². The smallest absolute Gasteiger partial charge is 0.269 e. The summed E-state index contributed by atoms with van der Waals surface area (Å²) in [7, 11) is 1.72. The van der Waals surface area contributed by atoms with Crippen LogP contribution in [-0.2, 0) is 9.53 Å². The molecule has 16 heavy (non-hydrogen) atoms. The molecule has 90 valence electrons. The molecule has 0 unspecified atom stereocenters. The number of rotatable bonds is 4. The van der Waals surface area contributed by atoms with E-state index < -0.39 is 0 Å². The molecular weight excluding hydrogens is 204 g/mol. The molecule has 0 radical (unpaired) electrons. The monoisotopic (exact) mass is 224 g/mol. The summed E-state index contributed by atoms with van der Waals surface area (Å²) in [6, 6.07) is 0.197. The van der Waals surface area contributed by atoms with Crippen LogP contribution in [0.5, 0.6) is 0 Å². The van der Waals surface area contributed by atoms with Crippen LogP contribution in [0.1, 0.15) is 32.6 Å². The molecule has 1 rings (SSSR count). The lowest BCUT2D eigenvalue weighted by molar-refractivity contribution is -0.118. The minimum absolute atomic E-state index is 0.140. The zero-order valence-electron chi connectivity index (χ0n) is 10.0. The van der Waals surface area contributed by atoms with Gasteiger partial charge in [-0.3, -0.25) is 9.79 Å². The number of nitrogens with one attached hydrogen (secondary N) is 1. The van der Waals surface area contributed by atoms with Crippen molar-refractivity contribution in [3.63, 3.8) is 0 Å². The van der Waals surface area contributed by atoms with E-state index in [0.29, 0.717) is 5.70 Å². The third-order valence-electron chi connectivity index (χ3n) is 2.97. The van der Waals surface area contributed by atoms with E-state index in [1.165, 1.54) is 0 Å². The predicted octanol–water partition coefficient (Wildman–Crippen LogP) is 1.66. The molecule has 0 aliphatic heterocycles. The Morgan fingerprint density at radius 1 is 1.56 bits per heavy atom. The molecule has 0 heterocycles. The van der Waals surface area contributed by atoms with Gasteiger partial charge < -0.3 is 10.1 Å². The van der Waals surface area contributed by atoms with Gasteiger partial charge in [0.05, 0.1) is 6.10 Å². The summed E-state index contributed by atoms with van der Waals surface area (Å²) >= 11 is 0. The molecule has 0 aromatic carbocycles. The van der Waals surface area contributed by atoms with Crippen LogP contribution in [0.25, 0.3) is 0 Å². The average molecular weight is 224 g/mol. The molecule has 1 fully saturated rings. The van der Waals surface area contributed by atoms with Gasteiger partial charge in [0.2, 0.25) is 0 Å². The van der Waals surface area contributed by atoms with E-state index in [4.69, 9.17) is 4.74 Å². The number of hydrogen-bond donors (Lipinski definition) is 1. The lowest BCUT2D eigenvalue weighted by atomic mass is 9.93. The SMILES string of the molecule is C=N/C(=C\C)C(=O)N[C@H]1CCC[C@H](OC)C1. The second-order valence-electron chi connectivity index (χ2n) is 4.03. The van der Waals surface area contributed by atoms with Gasteiger partial charge in [-0.2, -0.15) is 0 Å². The van der Waals surface area contributed by atoms with Crippen LogP contribution in [0.3, 0.4) is 0 Å². The van der Waals surface area contributed by atoms with E-state index in [9.17, 15) is 4.79 Å². The lowest BCUT2D eigenvalue weighted by Crippen LogP contribution is -2.40. The largest absolute Gasteiger partial charge is 0.381 e. The van der Waals surface area contributed by atoms with Crippen molar-refractivity contribution in [3.05, 3.63) is 11.8 Å². The fourth-order valence-corrected chi connectivity index (χ4v) is 2.04. The fourth-order valence-electron chi connectivity index (χ4n) is 2.04. The zero-order valence-corrected chi connectivity index (χ0v) is 10.0. The van der Waals surface area contributed by atoms with Gasteiger partial charge in [0.25, 0.3) is 5.91 Å². The van der Waals surface area contributed by atoms with Gasteiger partial charge in [-0.05, 0) is 39.3 Å². The van der Waals surface area contributed by atoms with Crippen LogP contribution in [0.2, 0.25) is 0 Å². The maximum atomic E-state index is 11.7. The molecule has 4 nitrogen and oxygen atoms in total. The first-order chi connectivity index (χ1) is 7.71. The fraction of sp³-hybridized carbons (Fsp3) is 0.667. The van der Waals surface area contributed by atoms with E-state index in [1.54, 1.807) is 20.1 Å². The first-order valence-electron chi connectivity index (χ1n) is 5.68. The van der Waals surface area contributed by atoms with Crippen LogP contribution in [0.15, 0.2) is 16.8 Å². The molecule has 1 aliphatic carbocycles. The third kappa shape index (κ3) is 3.45. The van der Waals surface area contributed by atoms with E-state index in [0.717, 1.165) is 25.7 Å². The molecule has 0 aromatic rings. The van der Waals surface area contributed by atoms with Crippen LogP contribution in [-0.4, -0.2) is 31.9 Å². The summed E-state index contributed by atoms with van der Waals surface area (Å²) in [5, 5.41) is 2.96. The Labute approximate surface area is 96.8 Å². The third-order valence-corrected chi connectivity index (χ3v) is 2.97. The Morgan fingerprint density at radius 3 is 2.88 bits per heavy atom. The van der Waals surface area contributed by atoms with Gasteiger partial charge >= 0.3 is 0 Å². The second-order valence-corrected chi connectivity index (χ2v) is 4.03. The minimum Gasteiger partial charge on any atom is -0.381 e. The summed E-state index contributed by atoms with van der Waals surface area (Å²) in [4.78, 5) is 15.4. The van der Waals surface area contributed by atoms with E-state index in [2.05, 4.69) is 17.0 Å². The molecule has 1 amide bonds. The van der Waals surface area contributed by atoms with E-state index in [-0.39, 0.29) is 18.1 Å². The van der Waals surface area contributed by atoms with Crippen molar-refractivity contribution in [2.45, 2.75) is 44.8 Å². The van der Waals surface area contributed by atoms with Gasteiger partial charge in [0, 0.05) is 13.2 Å². The highest BCUT2D eigenvalue weighted by atomic mass is 16.5. The Bertz CT molecular complexity index is 287. The number of hydrogen-bond acceptors (Lipinski definition) is 3. The standard InChI is InChI=1S/C12H20N2O2/c1-4-11(13-2)12(15)14-9-6-5-7-10(8-9)16-3/h4,9-10H,2,5-8H2,1,3H3,(H,14,15)/b11-4-/t9-,10-/m0/s1. The highest BCUT2D eigenvalue weighted by molar-refractivity contribution is 5.93. The van der Waals surface area contributed by atoms with Gasteiger partial charge in [0.15, 0.2) is 0 Å². The molecule has 0 bridgehead atoms. The first kappa shape index (κ1) is 12.9. The first-order valence-corrected chi connectivity index (χ1v) is 5.68. The van der Waals surface area contributed by atoms with Crippen molar-refractivity contribution < 1.29 is 9.53 Å². The number of allylic oxidation sites excluding steroid dienone is 1. The van der Waals surface area contributed by atoms with Crippen molar-refractivity contribution in [2.75, 3.05) is 7.11 Å². The number of ether oxygens (including phenoxy) is 1. The van der Waals surface area contributed by atoms with Crippen LogP contribution >= 0.6 is 0 Å². The van der Waals surface area contributed by atoms with Gasteiger partial charge in [-0.1, -0.05) is 6.08 Å². The highest BCUT2D eigenvalue weighted by Crippen LogP contribution is 2.20. The Balaban J connectivity index is 2.47. The normalized spacial score (nSPS) is 26.2. The van der Waals surface area contributed by atoms with Gasteiger partial charge in [0.1, 0.15) is 5.70 Å². The second kappa shape index (κ2) is 6.43. The molecule has 2 atom stereocenters. The summed E-state index contributed by atoms with van der Waals surface area (Å²) in [6.07, 6.45) is 6.01. The van der Waals surface area contributed by atoms with Crippen LogP contribution in [0.4, 0.5) is 0 Å². The number of amides is 1. The van der Waals surface area contributed by atoms with Crippen LogP contribution in [0, 0.1) is 0 Å². The zero-order chi connectivity index (χ0) is 12.0. The number of carbonyl (C=O) groups is 1. The van der Waals surface area contributed by atoms with E-state index >= 15 is 0 Å². The summed E-state index contributed by atoms with van der Waals surface area (Å²) in [6.45, 7) is 5.15. The maximum Gasteiger partial charge on any atom is 0.269 e. The van der Waals surface area contributed by atoms with Crippen molar-refractivity contribution in [1.29, 1.82) is 0 Å². The summed E-state index contributed by atoms with van der Waals surface area (Å²) in [5.41, 5.74) is 0.388. The number of methoxy groups -OCH3 is 1. The quantitative estimate of drug-likeness (QED) is 0.583. The number of carbonyl (C=O) groups excluding carboxylic acids is 1. The maximum absolute atomic E-state index is 11.7. The molecular formula is C12H20N2O2. The highest BCUT2D eigenvalue weighted by Gasteiger charge is 2.23. The summed E-state index contributed by atoms with van der Waals surface area (Å²) in [5.74, 6) is -0.140. The predicted molar refractivity (Wildman–Crippen MR) is 64.5 cm³/mol. The van der Waals surface area contributed by atoms with Gasteiger partial charge in [-0.15, -0.1) is 0 Å².